The highest BCUT2D eigenvalue weighted by Gasteiger charge is 2.23. The fourth-order valence-electron chi connectivity index (χ4n) is 4.17. The number of aryl methyl sites for hydroxylation is 1. The van der Waals surface area contributed by atoms with E-state index in [1.165, 1.54) is 16.3 Å². The van der Waals surface area contributed by atoms with Crippen LogP contribution in [0.5, 0.6) is 0 Å². The van der Waals surface area contributed by atoms with Crippen LogP contribution in [0.4, 0.5) is 5.69 Å². The lowest BCUT2D eigenvalue weighted by atomic mass is 9.90. The van der Waals surface area contributed by atoms with Crippen LogP contribution in [0.1, 0.15) is 37.6 Å². The molecule has 2 aliphatic rings. The average Bonchev–Trinajstić information content (AvgIpc) is 2.76. The third kappa shape index (κ3) is 4.45. The summed E-state index contributed by atoms with van der Waals surface area (Å²) in [4.78, 5) is 33.6. The molecule has 2 aromatic rings. The van der Waals surface area contributed by atoms with Gasteiger partial charge >= 0.3 is 0 Å². The summed E-state index contributed by atoms with van der Waals surface area (Å²) in [5.41, 5.74) is 3.86. The highest BCUT2D eigenvalue weighted by molar-refractivity contribution is 5.76. The predicted octanol–water partition coefficient (Wildman–Crippen LogP) is 2.50. The van der Waals surface area contributed by atoms with Crippen molar-refractivity contribution in [3.05, 3.63) is 58.3 Å². The summed E-state index contributed by atoms with van der Waals surface area (Å²) in [7, 11) is 0. The zero-order chi connectivity index (χ0) is 21.1. The van der Waals surface area contributed by atoms with Gasteiger partial charge in [-0.15, -0.1) is 0 Å². The highest BCUT2D eigenvalue weighted by atomic mass is 16.2. The molecule has 0 radical (unpaired) electrons. The number of carbonyl (C=O) groups excluding carboxylic acids is 1. The van der Waals surface area contributed by atoms with E-state index in [2.05, 4.69) is 34.0 Å². The van der Waals surface area contributed by atoms with Crippen molar-refractivity contribution in [1.82, 2.24) is 19.7 Å². The van der Waals surface area contributed by atoms with Crippen molar-refractivity contribution in [1.29, 1.82) is 0 Å². The van der Waals surface area contributed by atoms with Gasteiger partial charge in [-0.3, -0.25) is 14.6 Å². The largest absolute Gasteiger partial charge is 0.367 e. The first kappa shape index (κ1) is 20.3. The number of nitrogens with zero attached hydrogens (tertiary/aromatic N) is 5. The van der Waals surface area contributed by atoms with Crippen LogP contribution in [-0.2, 0) is 11.3 Å². The van der Waals surface area contributed by atoms with Gasteiger partial charge in [0.1, 0.15) is 6.54 Å². The minimum Gasteiger partial charge on any atom is -0.367 e. The van der Waals surface area contributed by atoms with E-state index in [4.69, 9.17) is 0 Å². The number of pyridine rings is 1. The van der Waals surface area contributed by atoms with Crippen molar-refractivity contribution < 1.29 is 4.79 Å². The minimum absolute atomic E-state index is 0.0116. The first-order valence-electron chi connectivity index (χ1n) is 10.7. The lowest BCUT2D eigenvalue weighted by Crippen LogP contribution is -2.50. The number of carbonyl (C=O) groups is 1. The highest BCUT2D eigenvalue weighted by Crippen LogP contribution is 2.28. The number of allylic oxidation sites excluding steroid dienone is 2. The van der Waals surface area contributed by atoms with Gasteiger partial charge in [0.15, 0.2) is 0 Å². The van der Waals surface area contributed by atoms with Crippen LogP contribution < -0.4 is 10.5 Å². The molecule has 7 nitrogen and oxygen atoms in total. The zero-order valence-corrected chi connectivity index (χ0v) is 17.8. The summed E-state index contributed by atoms with van der Waals surface area (Å²) in [6.45, 7) is 7.00. The number of anilines is 1. The van der Waals surface area contributed by atoms with Gasteiger partial charge in [-0.2, -0.15) is 5.10 Å². The molecule has 1 amide bonds. The first-order chi connectivity index (χ1) is 14.5. The van der Waals surface area contributed by atoms with Gasteiger partial charge in [0.25, 0.3) is 5.56 Å². The minimum atomic E-state index is -0.235. The van der Waals surface area contributed by atoms with E-state index in [9.17, 15) is 9.59 Å². The molecule has 1 aliphatic carbocycles. The maximum absolute atomic E-state index is 12.8. The van der Waals surface area contributed by atoms with Crippen molar-refractivity contribution >= 4 is 17.2 Å². The van der Waals surface area contributed by atoms with Crippen LogP contribution in [0, 0.1) is 12.8 Å². The summed E-state index contributed by atoms with van der Waals surface area (Å²) in [5, 5.41) is 4.50. The van der Waals surface area contributed by atoms with Crippen molar-refractivity contribution in [3.8, 4) is 0 Å². The maximum Gasteiger partial charge on any atom is 0.267 e. The van der Waals surface area contributed by atoms with Crippen LogP contribution in [0.3, 0.4) is 0 Å². The molecule has 3 heterocycles. The van der Waals surface area contributed by atoms with Gasteiger partial charge in [0.05, 0.1) is 17.1 Å². The van der Waals surface area contributed by atoms with E-state index in [1.807, 2.05) is 17.9 Å². The molecule has 0 aromatic carbocycles. The van der Waals surface area contributed by atoms with Gasteiger partial charge < -0.3 is 9.80 Å². The number of hydrogen-bond acceptors (Lipinski definition) is 5. The fraction of sp³-hybridized carbons (Fsp3) is 0.478. The molecule has 0 bridgehead atoms. The van der Waals surface area contributed by atoms with Crippen LogP contribution in [0.2, 0.25) is 0 Å². The third-order valence-corrected chi connectivity index (χ3v) is 6.11. The Balaban J connectivity index is 1.40. The summed E-state index contributed by atoms with van der Waals surface area (Å²) in [5.74, 6) is 0.630. The number of hydrogen-bond donors (Lipinski definition) is 0. The molecule has 158 valence electrons. The summed E-state index contributed by atoms with van der Waals surface area (Å²) >= 11 is 0. The molecule has 1 atom stereocenters. The first-order valence-corrected chi connectivity index (χ1v) is 10.7. The molecule has 1 aliphatic heterocycles. The van der Waals surface area contributed by atoms with Crippen LogP contribution in [0.15, 0.2) is 41.3 Å². The summed E-state index contributed by atoms with van der Waals surface area (Å²) in [6.07, 6.45) is 7.15. The molecule has 4 rings (SSSR count). The van der Waals surface area contributed by atoms with Crippen molar-refractivity contribution in [2.75, 3.05) is 31.1 Å². The molecular weight excluding hydrogens is 378 g/mol. The standard InChI is InChI=1S/C23H29N5O2/c1-17-5-7-19(8-6-17)20-9-10-22(29)28(25-20)16-23(30)27-14-12-26(13-15-27)21-4-3-11-24-18(21)2/h3-4,7,9-11,17H,5-6,8,12-16H2,1-2H3. The lowest BCUT2D eigenvalue weighted by Gasteiger charge is -2.36. The number of rotatable bonds is 4. The van der Waals surface area contributed by atoms with Gasteiger partial charge in [0, 0.05) is 38.4 Å². The molecule has 0 spiro atoms. The lowest BCUT2D eigenvalue weighted by molar-refractivity contribution is -0.132. The molecule has 1 saturated heterocycles. The predicted molar refractivity (Wildman–Crippen MR) is 117 cm³/mol. The number of aromatic nitrogens is 3. The van der Waals surface area contributed by atoms with Crippen molar-refractivity contribution in [3.63, 3.8) is 0 Å². The van der Waals surface area contributed by atoms with E-state index in [0.29, 0.717) is 19.0 Å². The Bertz CT molecular complexity index is 1000. The second kappa shape index (κ2) is 8.81. The van der Waals surface area contributed by atoms with E-state index < -0.39 is 0 Å². The Kier molecular flexibility index (Phi) is 5.97. The Morgan fingerprint density at radius 1 is 1.17 bits per heavy atom. The Morgan fingerprint density at radius 3 is 2.67 bits per heavy atom. The van der Waals surface area contributed by atoms with Gasteiger partial charge in [-0.1, -0.05) is 13.0 Å². The molecule has 1 fully saturated rings. The van der Waals surface area contributed by atoms with Gasteiger partial charge in [-0.05, 0) is 55.9 Å². The third-order valence-electron chi connectivity index (χ3n) is 6.11. The maximum atomic E-state index is 12.8. The topological polar surface area (TPSA) is 71.3 Å². The number of piperazine rings is 1. The second-order valence-electron chi connectivity index (χ2n) is 8.30. The second-order valence-corrected chi connectivity index (χ2v) is 8.30. The molecule has 7 heteroatoms. The molecule has 0 N–H and O–H groups in total. The molecule has 1 unspecified atom stereocenters. The molecule has 2 aromatic heterocycles. The summed E-state index contributed by atoms with van der Waals surface area (Å²) < 4.78 is 1.31. The SMILES string of the molecule is Cc1ncccc1N1CCN(C(=O)Cn2nc(C3=CCC(C)CC3)ccc2=O)CC1. The van der Waals surface area contributed by atoms with Crippen molar-refractivity contribution in [2.45, 2.75) is 39.7 Å². The van der Waals surface area contributed by atoms with Gasteiger partial charge in [0.2, 0.25) is 5.91 Å². The van der Waals surface area contributed by atoms with E-state index in [0.717, 1.165) is 49.4 Å². The van der Waals surface area contributed by atoms with E-state index in [-0.39, 0.29) is 18.0 Å². The summed E-state index contributed by atoms with van der Waals surface area (Å²) in [6, 6.07) is 7.31. The Morgan fingerprint density at radius 2 is 1.97 bits per heavy atom. The van der Waals surface area contributed by atoms with Crippen LogP contribution >= 0.6 is 0 Å². The average molecular weight is 408 g/mol. The van der Waals surface area contributed by atoms with E-state index >= 15 is 0 Å². The van der Waals surface area contributed by atoms with Crippen LogP contribution in [0.25, 0.3) is 5.57 Å². The van der Waals surface area contributed by atoms with Gasteiger partial charge in [-0.25, -0.2) is 4.68 Å². The quantitative estimate of drug-likeness (QED) is 0.779. The van der Waals surface area contributed by atoms with E-state index in [1.54, 1.807) is 12.3 Å². The van der Waals surface area contributed by atoms with Crippen LogP contribution in [-0.4, -0.2) is 51.8 Å². The Hall–Kier alpha value is -2.96. The zero-order valence-electron chi connectivity index (χ0n) is 17.8. The molecule has 0 saturated carbocycles. The monoisotopic (exact) mass is 407 g/mol. The fourth-order valence-corrected chi connectivity index (χ4v) is 4.17. The smallest absolute Gasteiger partial charge is 0.267 e. The normalized spacial score (nSPS) is 19.5. The molecular formula is C23H29N5O2. The van der Waals surface area contributed by atoms with Crippen molar-refractivity contribution in [2.24, 2.45) is 5.92 Å². The number of amides is 1. The Labute approximate surface area is 177 Å². The molecule has 30 heavy (non-hydrogen) atoms.